The lowest BCUT2D eigenvalue weighted by molar-refractivity contribution is -0.339. The monoisotopic (exact) mass is 479 g/mol. The number of carbonyl (C=O) groups excluding carboxylic acids is 1. The van der Waals surface area contributed by atoms with E-state index in [9.17, 15) is 30.3 Å². The first-order valence-electron chi connectivity index (χ1n) is 11.3. The molecule has 2 heterocycles. The number of aliphatic hydroxyl groups is 5. The molecule has 0 bridgehead atoms. The topological polar surface area (TPSA) is 167 Å². The van der Waals surface area contributed by atoms with Gasteiger partial charge >= 0.3 is 0 Å². The largest absolute Gasteiger partial charge is 0.394 e. The van der Waals surface area contributed by atoms with Crippen LogP contribution in [0.25, 0.3) is 0 Å². The van der Waals surface area contributed by atoms with E-state index >= 15 is 0 Å². The van der Waals surface area contributed by atoms with E-state index in [0.29, 0.717) is 0 Å². The summed E-state index contributed by atoms with van der Waals surface area (Å²) in [5.41, 5.74) is -2.04. The lowest BCUT2D eigenvalue weighted by Gasteiger charge is -2.56. The number of carbonyl (C=O) groups is 1. The molecule has 2 aliphatic rings. The maximum absolute atomic E-state index is 11.7. The lowest BCUT2D eigenvalue weighted by atomic mass is 9.62. The highest BCUT2D eigenvalue weighted by Crippen LogP contribution is 2.48. The van der Waals surface area contributed by atoms with Crippen LogP contribution in [-0.2, 0) is 23.7 Å². The van der Waals surface area contributed by atoms with Crippen molar-refractivity contribution in [1.29, 1.82) is 0 Å². The fourth-order valence-corrected chi connectivity index (χ4v) is 4.80. The number of nitrogens with one attached hydrogen (secondary N) is 1. The zero-order chi connectivity index (χ0) is 25.3. The third-order valence-corrected chi connectivity index (χ3v) is 7.56. The Morgan fingerprint density at radius 1 is 0.939 bits per heavy atom. The van der Waals surface area contributed by atoms with Crippen LogP contribution in [0, 0.1) is 17.3 Å². The summed E-state index contributed by atoms with van der Waals surface area (Å²) >= 11 is 0. The van der Waals surface area contributed by atoms with Gasteiger partial charge in [-0.1, -0.05) is 20.8 Å². The second-order valence-electron chi connectivity index (χ2n) is 10.1. The fraction of sp³-hybridized carbons (Fsp3) is 0.955. The molecule has 5 unspecified atom stereocenters. The molecule has 2 saturated heterocycles. The van der Waals surface area contributed by atoms with Gasteiger partial charge in [-0.15, -0.1) is 0 Å². The van der Waals surface area contributed by atoms with Gasteiger partial charge in [-0.3, -0.25) is 4.79 Å². The van der Waals surface area contributed by atoms with Crippen molar-refractivity contribution in [1.82, 2.24) is 5.32 Å². The van der Waals surface area contributed by atoms with Crippen LogP contribution in [0.15, 0.2) is 0 Å². The van der Waals surface area contributed by atoms with E-state index in [-0.39, 0.29) is 12.5 Å². The van der Waals surface area contributed by atoms with Crippen LogP contribution in [-0.4, -0.2) is 107 Å². The van der Waals surface area contributed by atoms with Crippen LogP contribution in [0.3, 0.4) is 0 Å². The molecule has 0 spiro atoms. The molecule has 11 nitrogen and oxygen atoms in total. The average molecular weight is 480 g/mol. The molecule has 6 N–H and O–H groups in total. The number of hydrogen-bond donors (Lipinski definition) is 6. The molecule has 33 heavy (non-hydrogen) atoms. The molecule has 2 rings (SSSR count). The lowest BCUT2D eigenvalue weighted by Crippen LogP contribution is -2.68. The minimum absolute atomic E-state index is 0.354. The van der Waals surface area contributed by atoms with Gasteiger partial charge in [0.2, 0.25) is 5.91 Å². The second-order valence-corrected chi connectivity index (χ2v) is 10.1. The summed E-state index contributed by atoms with van der Waals surface area (Å²) in [5.74, 6) is -1.62. The van der Waals surface area contributed by atoms with Gasteiger partial charge in [0.1, 0.15) is 12.1 Å². The summed E-state index contributed by atoms with van der Waals surface area (Å²) < 4.78 is 23.1. The van der Waals surface area contributed by atoms with E-state index in [1.54, 1.807) is 20.8 Å². The Labute approximate surface area is 195 Å². The van der Waals surface area contributed by atoms with Crippen molar-refractivity contribution in [2.75, 3.05) is 20.3 Å². The number of methoxy groups -OCH3 is 1. The standard InChI is InChI=1S/C22H41NO10/c1-10-12(8-24)31-20(18(29)16(10)27)33-22(5,6)21(3,4)14-13(9-25)32-19(30-7)15(17(14)28)23-11(2)26/h10,12-20,24-25,27-29H,8-9H2,1-7H3,(H,23,26)/t10-,12?,13?,14-,15?,16?,17+,18?,19-,20+/m1/s1. The van der Waals surface area contributed by atoms with Gasteiger partial charge in [0, 0.05) is 31.3 Å². The van der Waals surface area contributed by atoms with Crippen molar-refractivity contribution < 1.29 is 49.3 Å². The number of rotatable bonds is 8. The van der Waals surface area contributed by atoms with Crippen LogP contribution in [0.1, 0.15) is 41.5 Å². The maximum atomic E-state index is 11.7. The quantitative estimate of drug-likeness (QED) is 0.247. The highest BCUT2D eigenvalue weighted by molar-refractivity contribution is 5.73. The molecule has 0 aromatic heterocycles. The van der Waals surface area contributed by atoms with Crippen LogP contribution in [0.4, 0.5) is 0 Å². The molecular formula is C22H41NO10. The molecule has 10 atom stereocenters. The highest BCUT2D eigenvalue weighted by atomic mass is 16.7. The van der Waals surface area contributed by atoms with Crippen molar-refractivity contribution in [2.24, 2.45) is 17.3 Å². The van der Waals surface area contributed by atoms with E-state index in [2.05, 4.69) is 5.32 Å². The minimum Gasteiger partial charge on any atom is -0.394 e. The van der Waals surface area contributed by atoms with Crippen molar-refractivity contribution >= 4 is 5.91 Å². The SMILES string of the molecule is CO[C@@H]1OC(CO)[C@@H](C(C)(C)C(C)(C)O[C@@H]2OC(CO)[C@@H](C)C(O)C2O)[C@H](O)C1NC(C)=O. The Bertz CT molecular complexity index is 657. The Morgan fingerprint density at radius 2 is 1.48 bits per heavy atom. The highest BCUT2D eigenvalue weighted by Gasteiger charge is 2.57. The molecule has 2 aliphatic heterocycles. The molecule has 1 amide bonds. The van der Waals surface area contributed by atoms with E-state index in [1.165, 1.54) is 14.0 Å². The van der Waals surface area contributed by atoms with Crippen molar-refractivity contribution in [3.05, 3.63) is 0 Å². The van der Waals surface area contributed by atoms with Crippen molar-refractivity contribution in [2.45, 2.75) is 96.3 Å². The van der Waals surface area contributed by atoms with Gasteiger partial charge < -0.3 is 49.8 Å². The number of ether oxygens (including phenoxy) is 4. The molecule has 0 saturated carbocycles. The van der Waals surface area contributed by atoms with Gasteiger partial charge in [-0.05, 0) is 13.8 Å². The first kappa shape index (κ1) is 28.3. The van der Waals surface area contributed by atoms with Gasteiger partial charge in [0.25, 0.3) is 0 Å². The Kier molecular flexibility index (Phi) is 9.28. The molecule has 194 valence electrons. The summed E-state index contributed by atoms with van der Waals surface area (Å²) in [6, 6.07) is -0.895. The summed E-state index contributed by atoms with van der Waals surface area (Å²) in [5, 5.41) is 54.5. The fourth-order valence-electron chi connectivity index (χ4n) is 4.80. The summed E-state index contributed by atoms with van der Waals surface area (Å²) in [6.45, 7) is 9.29. The minimum atomic E-state index is -1.36. The van der Waals surface area contributed by atoms with E-state index in [4.69, 9.17) is 18.9 Å². The van der Waals surface area contributed by atoms with Crippen molar-refractivity contribution in [3.8, 4) is 0 Å². The zero-order valence-corrected chi connectivity index (χ0v) is 20.5. The number of hydrogen-bond acceptors (Lipinski definition) is 10. The Hall–Kier alpha value is -0.890. The van der Waals surface area contributed by atoms with Crippen LogP contribution in [0.2, 0.25) is 0 Å². The van der Waals surface area contributed by atoms with Crippen LogP contribution >= 0.6 is 0 Å². The summed E-state index contributed by atoms with van der Waals surface area (Å²) in [7, 11) is 1.38. The third-order valence-electron chi connectivity index (χ3n) is 7.56. The second kappa shape index (κ2) is 10.8. The first-order valence-corrected chi connectivity index (χ1v) is 11.3. The van der Waals surface area contributed by atoms with Crippen molar-refractivity contribution in [3.63, 3.8) is 0 Å². The number of aliphatic hydroxyl groups excluding tert-OH is 5. The predicted molar refractivity (Wildman–Crippen MR) is 116 cm³/mol. The summed E-state index contributed by atoms with van der Waals surface area (Å²) in [6.07, 6.45) is -7.48. The van der Waals surface area contributed by atoms with Crippen LogP contribution < -0.4 is 5.32 Å². The Balaban J connectivity index is 2.34. The normalized spacial score (nSPS) is 40.5. The number of amides is 1. The van der Waals surface area contributed by atoms with E-state index in [0.717, 1.165) is 0 Å². The molecule has 0 aromatic carbocycles. The first-order chi connectivity index (χ1) is 15.2. The summed E-state index contributed by atoms with van der Waals surface area (Å²) in [4.78, 5) is 11.7. The Morgan fingerprint density at radius 3 is 1.97 bits per heavy atom. The smallest absolute Gasteiger partial charge is 0.217 e. The molecule has 0 aromatic rings. The zero-order valence-electron chi connectivity index (χ0n) is 20.5. The van der Waals surface area contributed by atoms with Crippen LogP contribution in [0.5, 0.6) is 0 Å². The van der Waals surface area contributed by atoms with E-state index < -0.39 is 78.6 Å². The molecule has 11 heteroatoms. The predicted octanol–water partition coefficient (Wildman–Crippen LogP) is -1.27. The molecule has 0 aliphatic carbocycles. The third kappa shape index (κ3) is 5.52. The van der Waals surface area contributed by atoms with Gasteiger partial charge in [0.15, 0.2) is 12.6 Å². The van der Waals surface area contributed by atoms with Gasteiger partial charge in [-0.25, -0.2) is 0 Å². The molecule has 2 fully saturated rings. The maximum Gasteiger partial charge on any atom is 0.217 e. The molecule has 0 radical (unpaired) electrons. The van der Waals surface area contributed by atoms with Gasteiger partial charge in [0.05, 0.1) is 43.2 Å². The molecular weight excluding hydrogens is 438 g/mol. The average Bonchev–Trinajstić information content (AvgIpc) is 2.74. The van der Waals surface area contributed by atoms with E-state index in [1.807, 2.05) is 13.8 Å². The van der Waals surface area contributed by atoms with Gasteiger partial charge in [-0.2, -0.15) is 0 Å².